The predicted molar refractivity (Wildman–Crippen MR) is 104 cm³/mol. The highest BCUT2D eigenvalue weighted by Gasteiger charge is 2.38. The quantitative estimate of drug-likeness (QED) is 0.683. The topological polar surface area (TPSA) is 62.2 Å². The van der Waals surface area contributed by atoms with Gasteiger partial charge in [0.25, 0.3) is 0 Å². The number of ether oxygens (including phenoxy) is 2. The number of phenols is 2. The fraction of sp³-hybridized carbons (Fsp3) is 0.368. The van der Waals surface area contributed by atoms with Crippen LogP contribution in [0.4, 0.5) is 0 Å². The van der Waals surface area contributed by atoms with Crippen LogP contribution in [0.3, 0.4) is 0 Å². The molecule has 6 heteroatoms. The van der Waals surface area contributed by atoms with Crippen LogP contribution in [-0.2, 0) is 12.8 Å². The van der Waals surface area contributed by atoms with E-state index in [-0.39, 0.29) is 17.5 Å². The Bertz CT molecular complexity index is 881. The summed E-state index contributed by atoms with van der Waals surface area (Å²) in [6.07, 6.45) is 1.71. The molecule has 1 aliphatic carbocycles. The largest absolute Gasteiger partial charge is 0.504 e. The van der Waals surface area contributed by atoms with Crippen molar-refractivity contribution in [1.82, 2.24) is 4.90 Å². The first-order chi connectivity index (χ1) is 12.0. The number of aromatic hydroxyl groups is 2. The van der Waals surface area contributed by atoms with E-state index in [0.29, 0.717) is 11.5 Å². The molecule has 0 bridgehead atoms. The third-order valence-electron chi connectivity index (χ3n) is 5.38. The molecule has 2 aromatic rings. The normalized spacial score (nSPS) is 18.5. The lowest BCUT2D eigenvalue weighted by Crippen LogP contribution is -2.36. The lowest BCUT2D eigenvalue weighted by molar-refractivity contribution is 0.226. The number of fused-ring (bicyclic) bond motifs is 2. The van der Waals surface area contributed by atoms with Crippen LogP contribution in [0.5, 0.6) is 23.0 Å². The molecule has 0 aromatic heterocycles. The van der Waals surface area contributed by atoms with E-state index in [2.05, 4.69) is 34.5 Å². The molecule has 1 atom stereocenters. The monoisotopic (exact) mass is 453 g/mol. The summed E-state index contributed by atoms with van der Waals surface area (Å²) in [5.41, 5.74) is 5.35. The van der Waals surface area contributed by atoms with Gasteiger partial charge in [-0.05, 0) is 76.9 Å². The Morgan fingerprint density at radius 1 is 1.20 bits per heavy atom. The Morgan fingerprint density at radius 3 is 2.64 bits per heavy atom. The Hall–Kier alpha value is -1.67. The fourth-order valence-corrected chi connectivity index (χ4v) is 4.94. The molecule has 1 aliphatic heterocycles. The van der Waals surface area contributed by atoms with Crippen LogP contribution in [-0.4, -0.2) is 42.9 Å². The number of benzene rings is 2. The molecule has 0 saturated heterocycles. The number of rotatable bonds is 2. The number of phenolic OH excluding ortho intramolecular Hbond substituents is 2. The molecule has 132 valence electrons. The first-order valence-corrected chi connectivity index (χ1v) is 9.27. The summed E-state index contributed by atoms with van der Waals surface area (Å²) >= 11 is 2.22. The minimum atomic E-state index is 0.136. The molecule has 0 amide bonds. The Balaban J connectivity index is 2.11. The zero-order valence-electron chi connectivity index (χ0n) is 14.4. The van der Waals surface area contributed by atoms with Gasteiger partial charge in [-0.2, -0.15) is 0 Å². The van der Waals surface area contributed by atoms with E-state index < -0.39 is 0 Å². The summed E-state index contributed by atoms with van der Waals surface area (Å²) in [4.78, 5) is 2.34. The zero-order valence-corrected chi connectivity index (χ0v) is 16.5. The van der Waals surface area contributed by atoms with Gasteiger partial charge in [-0.15, -0.1) is 0 Å². The van der Waals surface area contributed by atoms with Gasteiger partial charge in [0.2, 0.25) is 0 Å². The average Bonchev–Trinajstić information content (AvgIpc) is 2.60. The molecule has 0 fully saturated rings. The van der Waals surface area contributed by atoms with Gasteiger partial charge < -0.3 is 19.7 Å². The standard InChI is InChI=1S/C19H20INO4/c1-21-5-4-10-15-12(21)6-9-7-13(22)14(24-2)8-11(9)16(15)19(25-3)18(23)17(10)20/h7-8,12,22-23H,4-6H2,1-3H3. The van der Waals surface area contributed by atoms with Crippen molar-refractivity contribution in [2.24, 2.45) is 0 Å². The van der Waals surface area contributed by atoms with Gasteiger partial charge in [-0.3, -0.25) is 4.90 Å². The smallest absolute Gasteiger partial charge is 0.172 e. The molecule has 0 saturated carbocycles. The summed E-state index contributed by atoms with van der Waals surface area (Å²) in [5, 5.41) is 20.9. The third kappa shape index (κ3) is 2.30. The maximum atomic E-state index is 10.7. The van der Waals surface area contributed by atoms with Gasteiger partial charge in [0.15, 0.2) is 23.0 Å². The van der Waals surface area contributed by atoms with Crippen molar-refractivity contribution in [3.05, 3.63) is 32.4 Å². The van der Waals surface area contributed by atoms with Gasteiger partial charge in [0.1, 0.15) is 0 Å². The van der Waals surface area contributed by atoms with Crippen molar-refractivity contribution in [1.29, 1.82) is 0 Å². The molecule has 2 N–H and O–H groups in total. The van der Waals surface area contributed by atoms with Gasteiger partial charge in [-0.1, -0.05) is 0 Å². The predicted octanol–water partition coefficient (Wildman–Crippen LogP) is 3.47. The Kier molecular flexibility index (Phi) is 3.99. The molecule has 1 unspecified atom stereocenters. The summed E-state index contributed by atoms with van der Waals surface area (Å²) in [5.74, 6) is 1.25. The lowest BCUT2D eigenvalue weighted by atomic mass is 9.76. The van der Waals surface area contributed by atoms with Crippen molar-refractivity contribution in [2.45, 2.75) is 18.9 Å². The van der Waals surface area contributed by atoms with E-state index in [9.17, 15) is 10.2 Å². The highest BCUT2D eigenvalue weighted by atomic mass is 127. The summed E-state index contributed by atoms with van der Waals surface area (Å²) in [6.45, 7) is 0.941. The minimum Gasteiger partial charge on any atom is -0.504 e. The van der Waals surface area contributed by atoms with Crippen LogP contribution in [0, 0.1) is 3.57 Å². The van der Waals surface area contributed by atoms with Crippen LogP contribution in [0.15, 0.2) is 12.1 Å². The molecule has 5 nitrogen and oxygen atoms in total. The summed E-state index contributed by atoms with van der Waals surface area (Å²) < 4.78 is 11.8. The van der Waals surface area contributed by atoms with Crippen LogP contribution >= 0.6 is 22.6 Å². The van der Waals surface area contributed by atoms with Crippen LogP contribution in [0.2, 0.25) is 0 Å². The van der Waals surface area contributed by atoms with Crippen LogP contribution in [0.25, 0.3) is 11.1 Å². The molecule has 1 heterocycles. The van der Waals surface area contributed by atoms with Crippen molar-refractivity contribution >= 4 is 22.6 Å². The first-order valence-electron chi connectivity index (χ1n) is 8.19. The van der Waals surface area contributed by atoms with Crippen molar-refractivity contribution in [3.63, 3.8) is 0 Å². The number of likely N-dealkylation sites (N-methyl/N-ethyl adjacent to an activating group) is 1. The second-order valence-corrected chi connectivity index (χ2v) is 7.67. The van der Waals surface area contributed by atoms with Crippen molar-refractivity contribution in [3.8, 4) is 34.1 Å². The van der Waals surface area contributed by atoms with Gasteiger partial charge in [0.05, 0.1) is 17.8 Å². The van der Waals surface area contributed by atoms with Gasteiger partial charge >= 0.3 is 0 Å². The number of nitrogens with zero attached hydrogens (tertiary/aromatic N) is 1. The molecular formula is C19H20INO4. The first kappa shape index (κ1) is 16.8. The number of halogens is 1. The average molecular weight is 453 g/mol. The molecule has 2 aliphatic rings. The fourth-order valence-electron chi connectivity index (χ4n) is 4.14. The Labute approximate surface area is 160 Å². The van der Waals surface area contributed by atoms with E-state index in [1.165, 1.54) is 11.1 Å². The zero-order chi connectivity index (χ0) is 17.9. The second kappa shape index (κ2) is 5.95. The lowest BCUT2D eigenvalue weighted by Gasteiger charge is -2.41. The molecule has 0 spiro atoms. The van der Waals surface area contributed by atoms with E-state index in [1.54, 1.807) is 20.3 Å². The second-order valence-electron chi connectivity index (χ2n) is 6.59. The number of hydrogen-bond acceptors (Lipinski definition) is 5. The van der Waals surface area contributed by atoms with Crippen molar-refractivity contribution in [2.75, 3.05) is 27.8 Å². The van der Waals surface area contributed by atoms with E-state index in [4.69, 9.17) is 9.47 Å². The summed E-state index contributed by atoms with van der Waals surface area (Å²) in [6, 6.07) is 3.83. The maximum Gasteiger partial charge on any atom is 0.172 e. The molecule has 25 heavy (non-hydrogen) atoms. The molecular weight excluding hydrogens is 433 g/mol. The van der Waals surface area contributed by atoms with E-state index in [1.807, 2.05) is 6.07 Å². The van der Waals surface area contributed by atoms with Crippen LogP contribution < -0.4 is 9.47 Å². The number of hydrogen-bond donors (Lipinski definition) is 2. The molecule has 4 rings (SSSR count). The van der Waals surface area contributed by atoms with Crippen molar-refractivity contribution < 1.29 is 19.7 Å². The highest BCUT2D eigenvalue weighted by molar-refractivity contribution is 14.1. The number of methoxy groups -OCH3 is 2. The molecule has 0 radical (unpaired) electrons. The molecule has 2 aromatic carbocycles. The van der Waals surface area contributed by atoms with E-state index in [0.717, 1.165) is 39.6 Å². The summed E-state index contributed by atoms with van der Waals surface area (Å²) in [7, 11) is 5.25. The van der Waals surface area contributed by atoms with Gasteiger partial charge in [0, 0.05) is 18.2 Å². The SMILES string of the molecule is COc1cc2c(cc1O)CC1c3c(c(I)c(O)c(OC)c3-2)CCN1C. The maximum absolute atomic E-state index is 10.7. The van der Waals surface area contributed by atoms with E-state index >= 15 is 0 Å². The van der Waals surface area contributed by atoms with Crippen LogP contribution in [0.1, 0.15) is 22.7 Å². The minimum absolute atomic E-state index is 0.136. The highest BCUT2D eigenvalue weighted by Crippen LogP contribution is 2.55. The Morgan fingerprint density at radius 2 is 1.96 bits per heavy atom. The third-order valence-corrected chi connectivity index (χ3v) is 6.54. The van der Waals surface area contributed by atoms with Gasteiger partial charge in [-0.25, -0.2) is 0 Å².